The number of aryl methyl sites for hydroxylation is 2. The molecule has 156 valence electrons. The number of aromatic nitrogens is 2. The van der Waals surface area contributed by atoms with E-state index in [9.17, 15) is 22.8 Å². The van der Waals surface area contributed by atoms with Crippen LogP contribution in [-0.2, 0) is 13.2 Å². The smallest absolute Gasteiger partial charge is 0.417 e. The van der Waals surface area contributed by atoms with E-state index < -0.39 is 23.3 Å². The summed E-state index contributed by atoms with van der Waals surface area (Å²) in [6.07, 6.45) is -4.44. The molecule has 0 fully saturated rings. The lowest BCUT2D eigenvalue weighted by atomic mass is 10.1. The van der Waals surface area contributed by atoms with E-state index in [-0.39, 0.29) is 11.3 Å². The fraction of sp³-hybridized carbons (Fsp3) is 0.250. The summed E-state index contributed by atoms with van der Waals surface area (Å²) < 4.78 is 38.3. The van der Waals surface area contributed by atoms with Gasteiger partial charge >= 0.3 is 12.1 Å². The van der Waals surface area contributed by atoms with Gasteiger partial charge in [-0.25, -0.2) is 4.79 Å². The van der Waals surface area contributed by atoms with Crippen LogP contribution in [0, 0.1) is 6.92 Å². The quantitative estimate of drug-likeness (QED) is 0.525. The number of aromatic carboxylic acids is 1. The Balaban J connectivity index is 0.000000268. The molecule has 5 nitrogen and oxygen atoms in total. The number of nitrogens with zero attached hydrogens (tertiary/aromatic N) is 2. The molecule has 3 aromatic rings. The van der Waals surface area contributed by atoms with Crippen LogP contribution < -0.4 is 0 Å². The number of carboxylic acids is 1. The molecule has 0 aliphatic heterocycles. The number of benzene rings is 2. The fourth-order valence-corrected chi connectivity index (χ4v) is 2.69. The van der Waals surface area contributed by atoms with Gasteiger partial charge in [-0.05, 0) is 31.2 Å². The van der Waals surface area contributed by atoms with E-state index in [4.69, 9.17) is 16.7 Å². The molecule has 0 saturated carbocycles. The molecule has 0 saturated heterocycles. The van der Waals surface area contributed by atoms with Gasteiger partial charge in [-0.3, -0.25) is 9.48 Å². The third kappa shape index (κ3) is 5.80. The first-order valence-electron chi connectivity index (χ1n) is 8.53. The molecule has 0 aliphatic carbocycles. The summed E-state index contributed by atoms with van der Waals surface area (Å²) in [5.74, 6) is -0.911. The molecule has 29 heavy (non-hydrogen) atoms. The van der Waals surface area contributed by atoms with Crippen molar-refractivity contribution in [3.63, 3.8) is 0 Å². The van der Waals surface area contributed by atoms with Gasteiger partial charge in [-0.15, -0.1) is 0 Å². The highest BCUT2D eigenvalue weighted by Gasteiger charge is 2.33. The van der Waals surface area contributed by atoms with Crippen LogP contribution in [0.3, 0.4) is 0 Å². The van der Waals surface area contributed by atoms with Gasteiger partial charge in [-0.1, -0.05) is 37.6 Å². The Morgan fingerprint density at radius 3 is 2.31 bits per heavy atom. The van der Waals surface area contributed by atoms with E-state index in [1.54, 1.807) is 29.9 Å². The number of fused-ring (bicyclic) bond motifs is 1. The van der Waals surface area contributed by atoms with E-state index >= 15 is 0 Å². The average molecular weight is 429 g/mol. The fourth-order valence-electron chi connectivity index (χ4n) is 2.48. The van der Waals surface area contributed by atoms with Crippen molar-refractivity contribution in [1.82, 2.24) is 9.78 Å². The lowest BCUT2D eigenvalue weighted by Gasteiger charge is -2.09. The van der Waals surface area contributed by atoms with E-state index in [1.807, 2.05) is 20.8 Å². The molecular weight excluding hydrogens is 409 g/mol. The van der Waals surface area contributed by atoms with Crippen molar-refractivity contribution >= 4 is 34.8 Å². The first-order valence-corrected chi connectivity index (χ1v) is 8.91. The van der Waals surface area contributed by atoms with E-state index in [2.05, 4.69) is 5.10 Å². The summed E-state index contributed by atoms with van der Waals surface area (Å²) in [6.45, 7) is 5.91. The second kappa shape index (κ2) is 10.1. The Labute approximate surface area is 170 Å². The van der Waals surface area contributed by atoms with Crippen molar-refractivity contribution in [1.29, 1.82) is 0 Å². The Hall–Kier alpha value is -2.87. The van der Waals surface area contributed by atoms with Crippen molar-refractivity contribution in [2.75, 3.05) is 0 Å². The largest absolute Gasteiger partial charge is 0.478 e. The Kier molecular flexibility index (Phi) is 8.39. The number of hydrogen-bond donors (Lipinski definition) is 1. The zero-order valence-corrected chi connectivity index (χ0v) is 17.0. The van der Waals surface area contributed by atoms with Crippen LogP contribution in [-0.4, -0.2) is 27.1 Å². The van der Waals surface area contributed by atoms with Crippen LogP contribution in [0.2, 0.25) is 5.02 Å². The Morgan fingerprint density at radius 2 is 1.83 bits per heavy atom. The number of carboxylic acid groups (broad SMARTS) is 1. The molecule has 1 N–H and O–H groups in total. The second-order valence-electron chi connectivity index (χ2n) is 5.56. The number of alkyl halides is 3. The van der Waals surface area contributed by atoms with Crippen molar-refractivity contribution in [2.24, 2.45) is 7.05 Å². The predicted octanol–water partition coefficient (Wildman–Crippen LogP) is 5.78. The Bertz CT molecular complexity index is 1010. The summed E-state index contributed by atoms with van der Waals surface area (Å²) in [5, 5.41) is 13.8. The maximum absolute atomic E-state index is 12.2. The van der Waals surface area contributed by atoms with Crippen molar-refractivity contribution < 1.29 is 27.9 Å². The lowest BCUT2D eigenvalue weighted by Crippen LogP contribution is -2.08. The van der Waals surface area contributed by atoms with Crippen LogP contribution in [0.15, 0.2) is 36.4 Å². The van der Waals surface area contributed by atoms with Gasteiger partial charge in [0.25, 0.3) is 0 Å². The number of rotatable bonds is 2. The molecule has 0 bridgehead atoms. The van der Waals surface area contributed by atoms with Crippen LogP contribution in [0.1, 0.15) is 45.8 Å². The van der Waals surface area contributed by atoms with Crippen molar-refractivity contribution in [3.8, 4) is 0 Å². The molecule has 0 unspecified atom stereocenters. The zero-order valence-electron chi connectivity index (χ0n) is 16.2. The SMILES string of the molecule is CC.Cc1nn(C)c2cc(C(=O)O)ccc12.O=Cc1c(Cl)cccc1C(F)(F)F. The number of carbonyl (C=O) groups excluding carboxylic acids is 1. The molecule has 0 aliphatic rings. The van der Waals surface area contributed by atoms with Gasteiger partial charge in [0.1, 0.15) is 0 Å². The number of halogens is 4. The molecule has 9 heteroatoms. The van der Waals surface area contributed by atoms with Gasteiger partial charge in [0.2, 0.25) is 0 Å². The third-order valence-corrected chi connectivity index (χ3v) is 4.09. The van der Waals surface area contributed by atoms with E-state index in [0.717, 1.165) is 28.7 Å². The molecule has 3 rings (SSSR count). The number of carbonyl (C=O) groups is 2. The minimum absolute atomic E-state index is 0.102. The van der Waals surface area contributed by atoms with Gasteiger partial charge in [0.05, 0.1) is 27.4 Å². The highest BCUT2D eigenvalue weighted by Crippen LogP contribution is 2.33. The van der Waals surface area contributed by atoms with Crippen LogP contribution in [0.5, 0.6) is 0 Å². The highest BCUT2D eigenvalue weighted by molar-refractivity contribution is 6.33. The zero-order chi connectivity index (χ0) is 22.4. The van der Waals surface area contributed by atoms with Crippen LogP contribution in [0.25, 0.3) is 10.9 Å². The average Bonchev–Trinajstić information content (AvgIpc) is 2.96. The maximum Gasteiger partial charge on any atom is 0.417 e. The lowest BCUT2D eigenvalue weighted by molar-refractivity contribution is -0.137. The van der Waals surface area contributed by atoms with Crippen LogP contribution in [0.4, 0.5) is 13.2 Å². The Morgan fingerprint density at radius 1 is 1.21 bits per heavy atom. The summed E-state index contributed by atoms with van der Waals surface area (Å²) in [5.41, 5.74) is 0.536. The second-order valence-corrected chi connectivity index (χ2v) is 5.97. The number of aldehydes is 1. The van der Waals surface area contributed by atoms with E-state index in [0.29, 0.717) is 5.56 Å². The molecule has 1 aromatic heterocycles. The molecule has 0 amide bonds. The normalized spacial score (nSPS) is 10.5. The van der Waals surface area contributed by atoms with Crippen molar-refractivity contribution in [3.05, 3.63) is 63.8 Å². The first kappa shape index (κ1) is 24.2. The molecule has 2 aromatic carbocycles. The van der Waals surface area contributed by atoms with Gasteiger partial charge < -0.3 is 5.11 Å². The molecule has 0 atom stereocenters. The standard InChI is InChI=1S/C10H10N2O2.C8H4ClF3O.C2H6/c1-6-8-4-3-7(10(13)14)5-9(8)12(2)11-6;9-7-3-1-2-6(5(7)4-13)8(10,11)12;1-2/h3-5H,1-2H3,(H,13,14);1-4H;1-2H3. The summed E-state index contributed by atoms with van der Waals surface area (Å²) in [7, 11) is 1.81. The minimum Gasteiger partial charge on any atom is -0.478 e. The number of hydrogen-bond acceptors (Lipinski definition) is 3. The molecule has 0 spiro atoms. The van der Waals surface area contributed by atoms with Gasteiger partial charge in [0.15, 0.2) is 6.29 Å². The first-order chi connectivity index (χ1) is 13.6. The summed E-state index contributed by atoms with van der Waals surface area (Å²) >= 11 is 5.40. The summed E-state index contributed by atoms with van der Waals surface area (Å²) in [6, 6.07) is 8.23. The van der Waals surface area contributed by atoms with E-state index in [1.165, 1.54) is 6.07 Å². The van der Waals surface area contributed by atoms with Crippen molar-refractivity contribution in [2.45, 2.75) is 26.9 Å². The summed E-state index contributed by atoms with van der Waals surface area (Å²) in [4.78, 5) is 21.0. The monoisotopic (exact) mass is 428 g/mol. The molecule has 0 radical (unpaired) electrons. The molecular formula is C20H20ClF3N2O3. The molecule has 1 heterocycles. The maximum atomic E-state index is 12.2. The predicted molar refractivity (Wildman–Crippen MR) is 106 cm³/mol. The van der Waals surface area contributed by atoms with Gasteiger partial charge in [-0.2, -0.15) is 18.3 Å². The van der Waals surface area contributed by atoms with Crippen LogP contribution >= 0.6 is 11.6 Å². The third-order valence-electron chi connectivity index (χ3n) is 3.76. The highest BCUT2D eigenvalue weighted by atomic mass is 35.5. The minimum atomic E-state index is -4.54. The van der Waals surface area contributed by atoms with Gasteiger partial charge in [0, 0.05) is 18.0 Å². The topological polar surface area (TPSA) is 72.2 Å².